The number of aryl methyl sites for hydroxylation is 1. The zero-order valence-electron chi connectivity index (χ0n) is 9.55. The molecule has 1 rings (SSSR count). The summed E-state index contributed by atoms with van der Waals surface area (Å²) in [7, 11) is 0. The minimum Gasteiger partial charge on any atom is -0.327 e. The fourth-order valence-electron chi connectivity index (χ4n) is 1.37. The first kappa shape index (κ1) is 12.3. The molecule has 0 aliphatic heterocycles. The number of rotatable bonds is 3. The van der Waals surface area contributed by atoms with Crippen LogP contribution >= 0.6 is 11.6 Å². The molecule has 0 saturated carbocycles. The Kier molecular flexibility index (Phi) is 4.37. The molecule has 0 fully saturated rings. The lowest BCUT2D eigenvalue weighted by atomic mass is 10.00. The van der Waals surface area contributed by atoms with E-state index in [9.17, 15) is 0 Å². The number of halogens is 1. The molecule has 0 amide bonds. The average molecular weight is 224 g/mol. The predicted octanol–water partition coefficient (Wildman–Crippen LogP) is 3.65. The van der Waals surface area contributed by atoms with Crippen LogP contribution in [0.15, 0.2) is 23.8 Å². The summed E-state index contributed by atoms with van der Waals surface area (Å²) in [6.07, 6.45) is 2.12. The van der Waals surface area contributed by atoms with Crippen LogP contribution in [0.2, 0.25) is 5.02 Å². The molecule has 2 N–H and O–H groups in total. The Balaban J connectivity index is 3.01. The average Bonchev–Trinajstić information content (AvgIpc) is 2.19. The van der Waals surface area contributed by atoms with Crippen LogP contribution in [0, 0.1) is 12.8 Å². The van der Waals surface area contributed by atoms with Gasteiger partial charge in [0.15, 0.2) is 0 Å². The molecule has 0 spiro atoms. The first-order valence-electron chi connectivity index (χ1n) is 5.21. The van der Waals surface area contributed by atoms with Crippen LogP contribution in [0.1, 0.15) is 25.0 Å². The van der Waals surface area contributed by atoms with Gasteiger partial charge in [0.2, 0.25) is 0 Å². The number of hydrogen-bond donors (Lipinski definition) is 1. The van der Waals surface area contributed by atoms with Crippen molar-refractivity contribution in [3.05, 3.63) is 39.9 Å². The van der Waals surface area contributed by atoms with Crippen LogP contribution in [0.5, 0.6) is 0 Å². The molecule has 82 valence electrons. The van der Waals surface area contributed by atoms with Gasteiger partial charge in [-0.05, 0) is 30.0 Å². The maximum Gasteiger partial charge on any atom is 0.0441 e. The van der Waals surface area contributed by atoms with Gasteiger partial charge in [-0.3, -0.25) is 0 Å². The van der Waals surface area contributed by atoms with Crippen LogP contribution in [-0.2, 0) is 0 Å². The van der Waals surface area contributed by atoms with E-state index < -0.39 is 0 Å². The van der Waals surface area contributed by atoms with Gasteiger partial charge in [-0.25, -0.2) is 0 Å². The quantitative estimate of drug-likeness (QED) is 0.832. The van der Waals surface area contributed by atoms with Crippen molar-refractivity contribution < 1.29 is 0 Å². The fraction of sp³-hybridized carbons (Fsp3) is 0.385. The lowest BCUT2D eigenvalue weighted by Gasteiger charge is -2.09. The van der Waals surface area contributed by atoms with Crippen molar-refractivity contribution in [3.8, 4) is 0 Å². The molecule has 1 nitrogen and oxygen atoms in total. The van der Waals surface area contributed by atoms with Crippen molar-refractivity contribution in [1.82, 2.24) is 0 Å². The van der Waals surface area contributed by atoms with Gasteiger partial charge in [0, 0.05) is 11.6 Å². The monoisotopic (exact) mass is 223 g/mol. The summed E-state index contributed by atoms with van der Waals surface area (Å²) in [6.45, 7) is 6.90. The van der Waals surface area contributed by atoms with E-state index >= 15 is 0 Å². The van der Waals surface area contributed by atoms with Gasteiger partial charge in [0.1, 0.15) is 0 Å². The Bertz CT molecular complexity index is 367. The van der Waals surface area contributed by atoms with E-state index in [1.165, 1.54) is 5.57 Å². The summed E-state index contributed by atoms with van der Waals surface area (Å²) in [4.78, 5) is 0. The summed E-state index contributed by atoms with van der Waals surface area (Å²) in [5.41, 5.74) is 9.16. The Morgan fingerprint density at radius 3 is 2.60 bits per heavy atom. The normalized spacial score (nSPS) is 12.3. The highest BCUT2D eigenvalue weighted by Gasteiger charge is 2.02. The molecule has 0 unspecified atom stereocenters. The third kappa shape index (κ3) is 3.37. The lowest BCUT2D eigenvalue weighted by molar-refractivity contribution is 0.753. The van der Waals surface area contributed by atoms with E-state index in [1.807, 2.05) is 19.1 Å². The van der Waals surface area contributed by atoms with Gasteiger partial charge < -0.3 is 5.73 Å². The van der Waals surface area contributed by atoms with E-state index in [2.05, 4.69) is 26.0 Å². The first-order valence-corrected chi connectivity index (χ1v) is 5.59. The number of benzene rings is 1. The van der Waals surface area contributed by atoms with Gasteiger partial charge in [-0.2, -0.15) is 0 Å². The zero-order valence-corrected chi connectivity index (χ0v) is 10.3. The van der Waals surface area contributed by atoms with Crippen molar-refractivity contribution in [1.29, 1.82) is 0 Å². The largest absolute Gasteiger partial charge is 0.327 e. The van der Waals surface area contributed by atoms with Gasteiger partial charge in [-0.1, -0.05) is 49.2 Å². The van der Waals surface area contributed by atoms with Gasteiger partial charge in [0.05, 0.1) is 0 Å². The smallest absolute Gasteiger partial charge is 0.0441 e. The van der Waals surface area contributed by atoms with E-state index in [4.69, 9.17) is 17.3 Å². The topological polar surface area (TPSA) is 26.0 Å². The molecule has 0 aromatic heterocycles. The molecular weight excluding hydrogens is 206 g/mol. The lowest BCUT2D eigenvalue weighted by Crippen LogP contribution is -2.08. The minimum absolute atomic E-state index is 0.482. The highest BCUT2D eigenvalue weighted by atomic mass is 35.5. The van der Waals surface area contributed by atoms with Crippen LogP contribution in [0.4, 0.5) is 0 Å². The Morgan fingerprint density at radius 2 is 2.13 bits per heavy atom. The molecule has 1 aromatic carbocycles. The third-order valence-electron chi connectivity index (χ3n) is 2.53. The van der Waals surface area contributed by atoms with Crippen molar-refractivity contribution >= 4 is 17.7 Å². The zero-order chi connectivity index (χ0) is 11.4. The highest BCUT2D eigenvalue weighted by Crippen LogP contribution is 2.20. The predicted molar refractivity (Wildman–Crippen MR) is 68.1 cm³/mol. The first-order chi connectivity index (χ1) is 7.04. The molecular formula is C13H18ClN. The summed E-state index contributed by atoms with van der Waals surface area (Å²) < 4.78 is 0. The van der Waals surface area contributed by atoms with Crippen molar-refractivity contribution in [2.75, 3.05) is 6.54 Å². The second kappa shape index (κ2) is 5.34. The summed E-state index contributed by atoms with van der Waals surface area (Å²) >= 11 is 6.06. The van der Waals surface area contributed by atoms with E-state index in [1.54, 1.807) is 0 Å². The Labute approximate surface area is 96.9 Å². The fourth-order valence-corrected chi connectivity index (χ4v) is 1.56. The molecule has 0 saturated heterocycles. The third-order valence-corrected chi connectivity index (χ3v) is 2.93. The van der Waals surface area contributed by atoms with Crippen LogP contribution in [-0.4, -0.2) is 6.54 Å². The van der Waals surface area contributed by atoms with Gasteiger partial charge in [0.25, 0.3) is 0 Å². The van der Waals surface area contributed by atoms with Gasteiger partial charge >= 0.3 is 0 Å². The molecule has 2 heteroatoms. The van der Waals surface area contributed by atoms with Crippen molar-refractivity contribution in [2.24, 2.45) is 11.7 Å². The Hall–Kier alpha value is -0.790. The maximum atomic E-state index is 6.06. The molecule has 0 atom stereocenters. The molecule has 0 aliphatic rings. The molecule has 0 bridgehead atoms. The summed E-state index contributed by atoms with van der Waals surface area (Å²) in [5, 5.41) is 0.809. The van der Waals surface area contributed by atoms with E-state index in [0.717, 1.165) is 16.1 Å². The molecule has 0 aliphatic carbocycles. The van der Waals surface area contributed by atoms with E-state index in [-0.39, 0.29) is 0 Å². The van der Waals surface area contributed by atoms with Gasteiger partial charge in [-0.15, -0.1) is 0 Å². The van der Waals surface area contributed by atoms with E-state index in [0.29, 0.717) is 12.5 Å². The van der Waals surface area contributed by atoms with Crippen LogP contribution in [0.25, 0.3) is 6.08 Å². The second-order valence-electron chi connectivity index (χ2n) is 4.09. The number of nitrogens with two attached hydrogens (primary N) is 1. The number of hydrogen-bond acceptors (Lipinski definition) is 1. The molecule has 0 heterocycles. The van der Waals surface area contributed by atoms with Crippen molar-refractivity contribution in [3.63, 3.8) is 0 Å². The van der Waals surface area contributed by atoms with Crippen LogP contribution < -0.4 is 5.73 Å². The highest BCUT2D eigenvalue weighted by molar-refractivity contribution is 6.31. The molecule has 1 aromatic rings. The Morgan fingerprint density at radius 1 is 1.47 bits per heavy atom. The standard InChI is InChI=1S/C13H18ClN/c1-9(2)12(8-15)6-11-5-4-10(3)13(14)7-11/h4-7,9H,8,15H2,1-3H3/b12-6+. The molecule has 15 heavy (non-hydrogen) atoms. The second-order valence-corrected chi connectivity index (χ2v) is 4.49. The SMILES string of the molecule is Cc1ccc(/C=C(\CN)C(C)C)cc1Cl. The van der Waals surface area contributed by atoms with Crippen molar-refractivity contribution in [2.45, 2.75) is 20.8 Å². The summed E-state index contributed by atoms with van der Waals surface area (Å²) in [6, 6.07) is 6.08. The minimum atomic E-state index is 0.482. The molecule has 0 radical (unpaired) electrons. The summed E-state index contributed by atoms with van der Waals surface area (Å²) in [5.74, 6) is 0.482. The van der Waals surface area contributed by atoms with Crippen LogP contribution in [0.3, 0.4) is 0 Å². The maximum absolute atomic E-state index is 6.06.